The van der Waals surface area contributed by atoms with Crippen molar-refractivity contribution >= 4 is 21.1 Å². The van der Waals surface area contributed by atoms with E-state index in [4.69, 9.17) is 4.74 Å². The molecule has 2 fully saturated rings. The fourth-order valence-corrected chi connectivity index (χ4v) is 5.34. The van der Waals surface area contributed by atoms with E-state index in [1.165, 1.54) is 11.8 Å². The third-order valence-electron chi connectivity index (χ3n) is 5.90. The lowest BCUT2D eigenvalue weighted by Crippen LogP contribution is -2.37. The zero-order valence-corrected chi connectivity index (χ0v) is 18.6. The van der Waals surface area contributed by atoms with Crippen LogP contribution in [0.1, 0.15) is 30.5 Å². The molecule has 8 nitrogen and oxygen atoms in total. The number of nitrogens with one attached hydrogen (secondary N) is 1. The molecule has 164 valence electrons. The number of aryl methyl sites for hydroxylation is 2. The highest BCUT2D eigenvalue weighted by atomic mass is 32.2. The zero-order chi connectivity index (χ0) is 21.6. The first-order valence-corrected chi connectivity index (χ1v) is 12.2. The second-order valence-electron chi connectivity index (χ2n) is 8.55. The highest BCUT2D eigenvalue weighted by Gasteiger charge is 2.28. The second-order valence-corrected chi connectivity index (χ2v) is 10.3. The lowest BCUT2D eigenvalue weighted by atomic mass is 10.2. The van der Waals surface area contributed by atoms with Crippen molar-refractivity contribution in [2.75, 3.05) is 13.1 Å². The van der Waals surface area contributed by atoms with Crippen LogP contribution in [0, 0.1) is 6.92 Å². The average molecular weight is 442 g/mol. The summed E-state index contributed by atoms with van der Waals surface area (Å²) in [5.74, 6) is 0.924. The molecule has 0 unspecified atom stereocenters. The molecule has 31 heavy (non-hydrogen) atoms. The highest BCUT2D eigenvalue weighted by Crippen LogP contribution is 2.27. The molecule has 0 radical (unpaired) electrons. The maximum atomic E-state index is 12.9. The number of rotatable bonds is 7. The van der Waals surface area contributed by atoms with E-state index in [1.54, 1.807) is 17.8 Å². The normalized spacial score (nSPS) is 19.9. The third-order valence-corrected chi connectivity index (χ3v) is 7.39. The maximum absolute atomic E-state index is 12.9. The number of sulfonamides is 1. The molecule has 1 N–H and O–H groups in total. The molecule has 3 aromatic rings. The Labute approximate surface area is 182 Å². The molecule has 0 amide bonds. The van der Waals surface area contributed by atoms with Gasteiger partial charge >= 0.3 is 0 Å². The van der Waals surface area contributed by atoms with Gasteiger partial charge in [0.2, 0.25) is 10.0 Å². The van der Waals surface area contributed by atoms with E-state index in [2.05, 4.69) is 31.8 Å². The average Bonchev–Trinajstić information content (AvgIpc) is 3.38. The SMILES string of the molecule is Cc1nn(C)c2ncc(S(=O)(=O)N[C@@H]3CCN(Cc4ccc(OC5CC5)cc4)C3)cc12. The Morgan fingerprint density at radius 3 is 2.71 bits per heavy atom. The van der Waals surface area contributed by atoms with Gasteiger partial charge in [0, 0.05) is 44.3 Å². The van der Waals surface area contributed by atoms with Crippen molar-refractivity contribution in [2.45, 2.75) is 49.8 Å². The fraction of sp³-hybridized carbons (Fsp3) is 0.455. The molecule has 3 heterocycles. The molecular weight excluding hydrogens is 414 g/mol. The van der Waals surface area contributed by atoms with Crippen LogP contribution in [0.5, 0.6) is 5.75 Å². The molecule has 0 spiro atoms. The number of hydrogen-bond acceptors (Lipinski definition) is 6. The van der Waals surface area contributed by atoms with Crippen LogP contribution < -0.4 is 9.46 Å². The Balaban J connectivity index is 1.21. The van der Waals surface area contributed by atoms with Crippen molar-refractivity contribution in [3.05, 3.63) is 47.8 Å². The minimum atomic E-state index is -3.64. The Hall–Kier alpha value is -2.49. The molecule has 9 heteroatoms. The quantitative estimate of drug-likeness (QED) is 0.606. The summed E-state index contributed by atoms with van der Waals surface area (Å²) >= 11 is 0. The van der Waals surface area contributed by atoms with Gasteiger partial charge in [-0.05, 0) is 49.9 Å². The van der Waals surface area contributed by atoms with E-state index in [-0.39, 0.29) is 10.9 Å². The minimum Gasteiger partial charge on any atom is -0.490 e. The summed E-state index contributed by atoms with van der Waals surface area (Å²) in [6, 6.07) is 9.76. The molecular formula is C22H27N5O3S. The first kappa shape index (κ1) is 20.4. The van der Waals surface area contributed by atoms with Gasteiger partial charge in [-0.15, -0.1) is 0 Å². The predicted molar refractivity (Wildman–Crippen MR) is 117 cm³/mol. The van der Waals surface area contributed by atoms with E-state index < -0.39 is 10.0 Å². The highest BCUT2D eigenvalue weighted by molar-refractivity contribution is 7.89. The van der Waals surface area contributed by atoms with Crippen molar-refractivity contribution < 1.29 is 13.2 Å². The van der Waals surface area contributed by atoms with E-state index in [9.17, 15) is 8.42 Å². The number of pyridine rings is 1. The van der Waals surface area contributed by atoms with E-state index in [1.807, 2.05) is 19.1 Å². The van der Waals surface area contributed by atoms with Crippen LogP contribution in [0.4, 0.5) is 0 Å². The Morgan fingerprint density at radius 2 is 1.97 bits per heavy atom. The van der Waals surface area contributed by atoms with Crippen LogP contribution in [0.25, 0.3) is 11.0 Å². The Kier molecular flexibility index (Phi) is 5.19. The van der Waals surface area contributed by atoms with Gasteiger partial charge in [0.15, 0.2) is 5.65 Å². The summed E-state index contributed by atoms with van der Waals surface area (Å²) in [6.45, 7) is 4.19. The van der Waals surface area contributed by atoms with Gasteiger partial charge in [0.1, 0.15) is 10.6 Å². The van der Waals surface area contributed by atoms with Crippen molar-refractivity contribution in [1.29, 1.82) is 0 Å². The van der Waals surface area contributed by atoms with Crippen molar-refractivity contribution in [3.8, 4) is 5.75 Å². The molecule has 1 saturated heterocycles. The van der Waals surface area contributed by atoms with E-state index >= 15 is 0 Å². The van der Waals surface area contributed by atoms with Crippen molar-refractivity contribution in [1.82, 2.24) is 24.4 Å². The number of benzene rings is 1. The standard InChI is InChI=1S/C22H27N5O3S/c1-15-21-11-20(12-23-22(21)26(2)24-15)31(28,29)25-17-9-10-27(14-17)13-16-3-5-18(6-4-16)30-19-7-8-19/h3-6,11-12,17,19,25H,7-10,13-14H2,1-2H3/t17-/m1/s1. The van der Waals surface area contributed by atoms with E-state index in [0.29, 0.717) is 18.3 Å². The largest absolute Gasteiger partial charge is 0.490 e. The number of fused-ring (bicyclic) bond motifs is 1. The van der Waals surface area contributed by atoms with Gasteiger partial charge in [-0.1, -0.05) is 12.1 Å². The van der Waals surface area contributed by atoms with Crippen LogP contribution in [-0.4, -0.2) is 53.3 Å². The number of likely N-dealkylation sites (tertiary alicyclic amines) is 1. The van der Waals surface area contributed by atoms with Crippen LogP contribution >= 0.6 is 0 Å². The lowest BCUT2D eigenvalue weighted by Gasteiger charge is -2.17. The van der Waals surface area contributed by atoms with E-state index in [0.717, 1.165) is 49.2 Å². The summed E-state index contributed by atoms with van der Waals surface area (Å²) in [5.41, 5.74) is 2.65. The summed E-state index contributed by atoms with van der Waals surface area (Å²) in [6.07, 6.45) is 4.89. The Morgan fingerprint density at radius 1 is 1.19 bits per heavy atom. The first-order chi connectivity index (χ1) is 14.9. The smallest absolute Gasteiger partial charge is 0.242 e. The number of ether oxygens (including phenoxy) is 1. The lowest BCUT2D eigenvalue weighted by molar-refractivity contribution is 0.302. The van der Waals surface area contributed by atoms with Gasteiger partial charge in [-0.2, -0.15) is 5.10 Å². The predicted octanol–water partition coefficient (Wildman–Crippen LogP) is 2.37. The molecule has 1 aliphatic carbocycles. The van der Waals surface area contributed by atoms with Gasteiger partial charge in [0.05, 0.1) is 11.8 Å². The number of hydrogen-bond donors (Lipinski definition) is 1. The maximum Gasteiger partial charge on any atom is 0.242 e. The van der Waals surface area contributed by atoms with Gasteiger partial charge in [-0.3, -0.25) is 9.58 Å². The zero-order valence-electron chi connectivity index (χ0n) is 17.8. The van der Waals surface area contributed by atoms with Gasteiger partial charge in [-0.25, -0.2) is 18.1 Å². The summed E-state index contributed by atoms with van der Waals surface area (Å²) < 4.78 is 36.2. The molecule has 0 bridgehead atoms. The summed E-state index contributed by atoms with van der Waals surface area (Å²) in [4.78, 5) is 6.76. The monoisotopic (exact) mass is 441 g/mol. The topological polar surface area (TPSA) is 89.3 Å². The molecule has 1 atom stereocenters. The van der Waals surface area contributed by atoms with Crippen LogP contribution in [-0.2, 0) is 23.6 Å². The molecule has 2 aliphatic rings. The minimum absolute atomic E-state index is 0.117. The number of aromatic nitrogens is 3. The molecule has 1 aliphatic heterocycles. The van der Waals surface area contributed by atoms with Crippen LogP contribution in [0.15, 0.2) is 41.4 Å². The fourth-order valence-electron chi connectivity index (χ4n) is 4.11. The van der Waals surface area contributed by atoms with Gasteiger partial charge < -0.3 is 4.74 Å². The molecule has 2 aromatic heterocycles. The Bertz CT molecular complexity index is 1200. The van der Waals surface area contributed by atoms with Crippen molar-refractivity contribution in [2.24, 2.45) is 7.05 Å². The van der Waals surface area contributed by atoms with Crippen LogP contribution in [0.3, 0.4) is 0 Å². The van der Waals surface area contributed by atoms with Crippen LogP contribution in [0.2, 0.25) is 0 Å². The first-order valence-electron chi connectivity index (χ1n) is 10.7. The van der Waals surface area contributed by atoms with Crippen molar-refractivity contribution in [3.63, 3.8) is 0 Å². The number of nitrogens with zero attached hydrogens (tertiary/aromatic N) is 4. The molecule has 5 rings (SSSR count). The van der Waals surface area contributed by atoms with Gasteiger partial charge in [0.25, 0.3) is 0 Å². The molecule has 1 aromatic carbocycles. The summed E-state index contributed by atoms with van der Waals surface area (Å²) in [7, 11) is -1.84. The second kappa shape index (κ2) is 7.89. The molecule has 1 saturated carbocycles. The third kappa shape index (κ3) is 4.44. The summed E-state index contributed by atoms with van der Waals surface area (Å²) in [5, 5.41) is 5.07.